The molecule has 1 amide bonds. The van der Waals surface area contributed by atoms with Crippen LogP contribution < -0.4 is 11.1 Å². The molecule has 0 atom stereocenters. The summed E-state index contributed by atoms with van der Waals surface area (Å²) in [5, 5.41) is 3.88. The number of sulfone groups is 1. The number of aryl methyl sites for hydroxylation is 1. The second-order valence-corrected chi connectivity index (χ2v) is 7.87. The minimum absolute atomic E-state index is 0.100. The fourth-order valence-corrected chi connectivity index (χ4v) is 4.58. The molecular formula is C17H14N4O3S. The Balaban J connectivity index is 1.83. The normalized spacial score (nSPS) is 15.0. The summed E-state index contributed by atoms with van der Waals surface area (Å²) in [5.41, 5.74) is 7.79. The molecule has 0 saturated heterocycles. The Morgan fingerprint density at radius 1 is 1.08 bits per heavy atom. The fraction of sp³-hybridized carbons (Fsp3) is 0.118. The summed E-state index contributed by atoms with van der Waals surface area (Å²) in [6.07, 6.45) is 1.87. The quantitative estimate of drug-likeness (QED) is 0.741. The highest BCUT2D eigenvalue weighted by Crippen LogP contribution is 2.35. The van der Waals surface area contributed by atoms with E-state index in [1.807, 2.05) is 0 Å². The van der Waals surface area contributed by atoms with E-state index < -0.39 is 15.7 Å². The molecule has 1 aromatic heterocycles. The fourth-order valence-electron chi connectivity index (χ4n) is 3.04. The molecule has 1 aliphatic rings. The molecule has 1 aliphatic heterocycles. The van der Waals surface area contributed by atoms with Gasteiger partial charge in [-0.15, -0.1) is 0 Å². The van der Waals surface area contributed by atoms with Crippen LogP contribution in [-0.2, 0) is 16.3 Å². The van der Waals surface area contributed by atoms with Gasteiger partial charge in [-0.25, -0.2) is 18.4 Å². The summed E-state index contributed by atoms with van der Waals surface area (Å²) >= 11 is 0. The first-order valence-electron chi connectivity index (χ1n) is 7.62. The van der Waals surface area contributed by atoms with Crippen LogP contribution in [0.2, 0.25) is 0 Å². The number of amides is 1. The number of anilines is 2. The zero-order valence-electron chi connectivity index (χ0n) is 13.1. The molecule has 0 bridgehead atoms. The summed E-state index contributed by atoms with van der Waals surface area (Å²) in [7, 11) is -3.24. The summed E-state index contributed by atoms with van der Waals surface area (Å²) in [5.74, 6) is 0.135. The number of rotatable bonds is 3. The molecule has 2 aromatic carbocycles. The van der Waals surface area contributed by atoms with Crippen LogP contribution in [0.25, 0.3) is 10.9 Å². The van der Waals surface area contributed by atoms with Crippen molar-refractivity contribution in [1.82, 2.24) is 9.97 Å². The highest BCUT2D eigenvalue weighted by Gasteiger charge is 2.29. The van der Waals surface area contributed by atoms with Gasteiger partial charge in [0.15, 0.2) is 9.84 Å². The van der Waals surface area contributed by atoms with Crippen molar-refractivity contribution in [2.75, 3.05) is 11.1 Å². The molecule has 25 heavy (non-hydrogen) atoms. The third kappa shape index (κ3) is 2.60. The molecule has 2 heterocycles. The predicted octanol–water partition coefficient (Wildman–Crippen LogP) is 1.80. The maximum atomic E-state index is 12.2. The van der Waals surface area contributed by atoms with E-state index in [0.717, 1.165) is 5.56 Å². The number of primary amides is 1. The summed E-state index contributed by atoms with van der Waals surface area (Å²) < 4.78 is 24.3. The molecule has 0 radical (unpaired) electrons. The Morgan fingerprint density at radius 2 is 1.84 bits per heavy atom. The maximum absolute atomic E-state index is 12.2. The van der Waals surface area contributed by atoms with Crippen LogP contribution in [0.4, 0.5) is 11.5 Å². The lowest BCUT2D eigenvalue weighted by molar-refractivity contribution is 0.100. The number of carbonyl (C=O) groups is 1. The summed E-state index contributed by atoms with van der Waals surface area (Å²) in [6.45, 7) is 0. The topological polar surface area (TPSA) is 115 Å². The standard InChI is InChI=1S/C17H14N4O3S/c18-16(22)10-1-3-11(4-2-10)21-17-15-12-7-8-25(23,24)14(12)6-5-13(15)19-9-20-17/h1-6,9H,7-8H2,(H2,18,22)(H,19,20,21). The number of aromatic nitrogens is 2. The number of fused-ring (bicyclic) bond motifs is 3. The third-order valence-electron chi connectivity index (χ3n) is 4.26. The summed E-state index contributed by atoms with van der Waals surface area (Å²) in [4.78, 5) is 20.0. The number of hydrogen-bond donors (Lipinski definition) is 2. The average molecular weight is 354 g/mol. The van der Waals surface area contributed by atoms with Crippen molar-refractivity contribution >= 4 is 38.2 Å². The monoisotopic (exact) mass is 354 g/mol. The van der Waals surface area contributed by atoms with Crippen LogP contribution in [-0.4, -0.2) is 30.0 Å². The van der Waals surface area contributed by atoms with E-state index >= 15 is 0 Å². The van der Waals surface area contributed by atoms with Gasteiger partial charge in [-0.3, -0.25) is 4.79 Å². The molecule has 0 saturated carbocycles. The molecule has 4 rings (SSSR count). The lowest BCUT2D eigenvalue weighted by atomic mass is 10.1. The van der Waals surface area contributed by atoms with E-state index in [1.165, 1.54) is 6.33 Å². The Labute approximate surface area is 143 Å². The van der Waals surface area contributed by atoms with Gasteiger partial charge in [0.05, 0.1) is 16.2 Å². The molecular weight excluding hydrogens is 340 g/mol. The number of hydrogen-bond acceptors (Lipinski definition) is 6. The predicted molar refractivity (Wildman–Crippen MR) is 93.5 cm³/mol. The first kappa shape index (κ1) is 15.5. The van der Waals surface area contributed by atoms with Crippen molar-refractivity contribution in [3.05, 3.63) is 53.9 Å². The van der Waals surface area contributed by atoms with E-state index in [-0.39, 0.29) is 5.75 Å². The van der Waals surface area contributed by atoms with E-state index in [9.17, 15) is 13.2 Å². The second kappa shape index (κ2) is 5.52. The van der Waals surface area contributed by atoms with Gasteiger partial charge >= 0.3 is 0 Å². The summed E-state index contributed by atoms with van der Waals surface area (Å²) in [6, 6.07) is 9.96. The van der Waals surface area contributed by atoms with Gasteiger partial charge in [-0.2, -0.15) is 0 Å². The van der Waals surface area contributed by atoms with Gasteiger partial charge in [0.2, 0.25) is 5.91 Å². The average Bonchev–Trinajstić information content (AvgIpc) is 2.91. The van der Waals surface area contributed by atoms with Gasteiger partial charge < -0.3 is 11.1 Å². The van der Waals surface area contributed by atoms with Crippen LogP contribution in [0.15, 0.2) is 47.6 Å². The largest absolute Gasteiger partial charge is 0.366 e. The highest BCUT2D eigenvalue weighted by atomic mass is 32.2. The number of nitrogens with zero attached hydrogens (tertiary/aromatic N) is 2. The van der Waals surface area contributed by atoms with Crippen LogP contribution in [0.3, 0.4) is 0 Å². The molecule has 0 unspecified atom stereocenters. The molecule has 0 aliphatic carbocycles. The smallest absolute Gasteiger partial charge is 0.248 e. The minimum atomic E-state index is -3.24. The molecule has 0 spiro atoms. The van der Waals surface area contributed by atoms with E-state index in [0.29, 0.717) is 39.3 Å². The first-order valence-corrected chi connectivity index (χ1v) is 9.27. The maximum Gasteiger partial charge on any atom is 0.248 e. The molecule has 8 heteroatoms. The number of nitrogens with two attached hydrogens (primary N) is 1. The zero-order chi connectivity index (χ0) is 17.6. The van der Waals surface area contributed by atoms with Gasteiger partial charge in [-0.1, -0.05) is 0 Å². The Bertz CT molecular complexity index is 1110. The Hall–Kier alpha value is -3.00. The molecule has 126 valence electrons. The second-order valence-electron chi connectivity index (χ2n) is 5.79. The number of carbonyl (C=O) groups excluding carboxylic acids is 1. The van der Waals surface area contributed by atoms with Gasteiger partial charge in [0.1, 0.15) is 12.1 Å². The van der Waals surface area contributed by atoms with Gasteiger partial charge in [0.25, 0.3) is 0 Å². The third-order valence-corrected chi connectivity index (χ3v) is 6.05. The van der Waals surface area contributed by atoms with E-state index in [4.69, 9.17) is 5.73 Å². The highest BCUT2D eigenvalue weighted by molar-refractivity contribution is 7.91. The SMILES string of the molecule is NC(=O)c1ccc(Nc2ncnc3ccc4c(c23)CCS4(=O)=O)cc1. The van der Waals surface area contributed by atoms with Gasteiger partial charge in [0, 0.05) is 16.6 Å². The first-order chi connectivity index (χ1) is 12.0. The van der Waals surface area contributed by atoms with Crippen molar-refractivity contribution in [3.63, 3.8) is 0 Å². The van der Waals surface area contributed by atoms with Crippen molar-refractivity contribution in [1.29, 1.82) is 0 Å². The molecule has 3 N–H and O–H groups in total. The molecule has 7 nitrogen and oxygen atoms in total. The van der Waals surface area contributed by atoms with Crippen molar-refractivity contribution in [2.24, 2.45) is 5.73 Å². The lowest BCUT2D eigenvalue weighted by Crippen LogP contribution is -2.10. The van der Waals surface area contributed by atoms with Gasteiger partial charge in [-0.05, 0) is 48.4 Å². The molecule has 0 fully saturated rings. The lowest BCUT2D eigenvalue weighted by Gasteiger charge is -2.11. The minimum Gasteiger partial charge on any atom is -0.366 e. The zero-order valence-corrected chi connectivity index (χ0v) is 13.9. The van der Waals surface area contributed by atoms with E-state index in [1.54, 1.807) is 36.4 Å². The van der Waals surface area contributed by atoms with Crippen LogP contribution in [0, 0.1) is 0 Å². The Kier molecular flexibility index (Phi) is 3.43. The van der Waals surface area contributed by atoms with Crippen molar-refractivity contribution in [3.8, 4) is 0 Å². The number of nitrogens with one attached hydrogen (secondary N) is 1. The van der Waals surface area contributed by atoms with Crippen LogP contribution in [0.1, 0.15) is 15.9 Å². The van der Waals surface area contributed by atoms with E-state index in [2.05, 4.69) is 15.3 Å². The van der Waals surface area contributed by atoms with Crippen LogP contribution in [0.5, 0.6) is 0 Å². The Morgan fingerprint density at radius 3 is 2.56 bits per heavy atom. The van der Waals surface area contributed by atoms with Crippen molar-refractivity contribution in [2.45, 2.75) is 11.3 Å². The van der Waals surface area contributed by atoms with Crippen molar-refractivity contribution < 1.29 is 13.2 Å². The molecule has 3 aromatic rings. The van der Waals surface area contributed by atoms with Crippen LogP contribution >= 0.6 is 0 Å². The number of benzene rings is 2.